The molecular formula is C12H15ClN2O2. The summed E-state index contributed by atoms with van der Waals surface area (Å²) in [5, 5.41) is 0.554. The van der Waals surface area contributed by atoms with Crippen molar-refractivity contribution in [3.05, 3.63) is 28.8 Å². The molecule has 1 saturated heterocycles. The number of hydrogen-bond donors (Lipinski definition) is 1. The molecule has 0 spiro atoms. The molecule has 1 aromatic carbocycles. The van der Waals surface area contributed by atoms with Crippen molar-refractivity contribution < 1.29 is 9.53 Å². The summed E-state index contributed by atoms with van der Waals surface area (Å²) >= 11 is 5.92. The molecule has 1 fully saturated rings. The van der Waals surface area contributed by atoms with Gasteiger partial charge in [0.2, 0.25) is 0 Å². The maximum atomic E-state index is 11.8. The number of anilines is 1. The van der Waals surface area contributed by atoms with Crippen LogP contribution in [0, 0.1) is 0 Å². The Hall–Kier alpha value is -1.10. The number of ketones is 1. The molecule has 2 rings (SSSR count). The summed E-state index contributed by atoms with van der Waals surface area (Å²) in [6, 6.07) is 5.34. The second-order valence-corrected chi connectivity index (χ2v) is 4.32. The lowest BCUT2D eigenvalue weighted by molar-refractivity contribution is 0.0999. The number of rotatable bonds is 3. The Morgan fingerprint density at radius 3 is 2.76 bits per heavy atom. The number of ether oxygens (including phenoxy) is 1. The Bertz CT molecular complexity index is 417. The monoisotopic (exact) mass is 254 g/mol. The van der Waals surface area contributed by atoms with Crippen LogP contribution >= 0.6 is 11.6 Å². The third kappa shape index (κ3) is 2.77. The van der Waals surface area contributed by atoms with Gasteiger partial charge in [0.1, 0.15) is 0 Å². The molecule has 92 valence electrons. The molecule has 0 amide bonds. The Labute approximate surface area is 105 Å². The van der Waals surface area contributed by atoms with Crippen molar-refractivity contribution in [2.75, 3.05) is 37.7 Å². The molecule has 0 atom stereocenters. The lowest BCUT2D eigenvalue weighted by atomic mass is 10.1. The van der Waals surface area contributed by atoms with E-state index in [1.165, 1.54) is 0 Å². The van der Waals surface area contributed by atoms with Crippen molar-refractivity contribution in [3.8, 4) is 0 Å². The maximum absolute atomic E-state index is 11.8. The first-order valence-corrected chi connectivity index (χ1v) is 5.95. The lowest BCUT2D eigenvalue weighted by Crippen LogP contribution is -2.37. The standard InChI is InChI=1S/C12H15ClN2O2/c13-9-1-2-11(10(7-9)12(16)8-14)15-3-5-17-6-4-15/h1-2,7H,3-6,8,14H2. The predicted molar refractivity (Wildman–Crippen MR) is 67.9 cm³/mol. The fourth-order valence-corrected chi connectivity index (χ4v) is 2.09. The quantitative estimate of drug-likeness (QED) is 0.827. The van der Waals surface area contributed by atoms with Gasteiger partial charge in [-0.05, 0) is 18.2 Å². The van der Waals surface area contributed by atoms with E-state index in [1.807, 2.05) is 6.07 Å². The molecule has 17 heavy (non-hydrogen) atoms. The van der Waals surface area contributed by atoms with E-state index in [4.69, 9.17) is 22.1 Å². The summed E-state index contributed by atoms with van der Waals surface area (Å²) in [5.74, 6) is -0.0889. The summed E-state index contributed by atoms with van der Waals surface area (Å²) in [7, 11) is 0. The summed E-state index contributed by atoms with van der Waals surface area (Å²) < 4.78 is 5.29. The molecule has 4 nitrogen and oxygen atoms in total. The van der Waals surface area contributed by atoms with E-state index in [0.717, 1.165) is 18.8 Å². The van der Waals surface area contributed by atoms with Crippen molar-refractivity contribution in [1.82, 2.24) is 0 Å². The zero-order chi connectivity index (χ0) is 12.3. The second kappa shape index (κ2) is 5.49. The summed E-state index contributed by atoms with van der Waals surface area (Å²) in [6.45, 7) is 2.93. The molecule has 1 aromatic rings. The summed E-state index contributed by atoms with van der Waals surface area (Å²) in [5.41, 5.74) is 6.91. The minimum atomic E-state index is -0.0889. The summed E-state index contributed by atoms with van der Waals surface area (Å²) in [6.07, 6.45) is 0. The number of benzene rings is 1. The number of carbonyl (C=O) groups excluding carboxylic acids is 1. The van der Waals surface area contributed by atoms with Crippen molar-refractivity contribution in [2.45, 2.75) is 0 Å². The summed E-state index contributed by atoms with van der Waals surface area (Å²) in [4.78, 5) is 13.9. The van der Waals surface area contributed by atoms with Crippen LogP contribution in [-0.2, 0) is 4.74 Å². The van der Waals surface area contributed by atoms with Crippen LogP contribution in [0.4, 0.5) is 5.69 Å². The van der Waals surface area contributed by atoms with Crippen LogP contribution in [-0.4, -0.2) is 38.6 Å². The average molecular weight is 255 g/mol. The minimum Gasteiger partial charge on any atom is -0.378 e. The van der Waals surface area contributed by atoms with Crippen molar-refractivity contribution in [2.24, 2.45) is 5.73 Å². The fourth-order valence-electron chi connectivity index (χ4n) is 1.92. The molecule has 1 aliphatic heterocycles. The van der Waals surface area contributed by atoms with Gasteiger partial charge in [0.15, 0.2) is 5.78 Å². The second-order valence-electron chi connectivity index (χ2n) is 3.89. The SMILES string of the molecule is NCC(=O)c1cc(Cl)ccc1N1CCOCC1. The zero-order valence-electron chi connectivity index (χ0n) is 9.49. The minimum absolute atomic E-state index is 0.00230. The molecular weight excluding hydrogens is 240 g/mol. The highest BCUT2D eigenvalue weighted by Gasteiger charge is 2.18. The molecule has 2 N–H and O–H groups in total. The third-order valence-electron chi connectivity index (χ3n) is 2.80. The van der Waals surface area contributed by atoms with E-state index in [2.05, 4.69) is 4.90 Å². The topological polar surface area (TPSA) is 55.6 Å². The molecule has 0 bridgehead atoms. The third-order valence-corrected chi connectivity index (χ3v) is 3.03. The van der Waals surface area contributed by atoms with Crippen LogP contribution in [0.15, 0.2) is 18.2 Å². The van der Waals surface area contributed by atoms with E-state index in [-0.39, 0.29) is 12.3 Å². The van der Waals surface area contributed by atoms with Gasteiger partial charge >= 0.3 is 0 Å². The van der Waals surface area contributed by atoms with Crippen molar-refractivity contribution in [1.29, 1.82) is 0 Å². The number of Topliss-reactive ketones (excluding diaryl/α,β-unsaturated/α-hetero) is 1. The number of carbonyl (C=O) groups is 1. The van der Waals surface area contributed by atoms with E-state index in [1.54, 1.807) is 12.1 Å². The normalized spacial score (nSPS) is 16.0. The van der Waals surface area contributed by atoms with E-state index < -0.39 is 0 Å². The first-order chi connectivity index (χ1) is 8.22. The van der Waals surface area contributed by atoms with Gasteiger partial charge in [0.05, 0.1) is 19.8 Å². The van der Waals surface area contributed by atoms with Crippen LogP contribution in [0.5, 0.6) is 0 Å². The number of halogens is 1. The highest BCUT2D eigenvalue weighted by atomic mass is 35.5. The molecule has 1 aliphatic rings. The highest BCUT2D eigenvalue weighted by molar-refractivity contribution is 6.31. The van der Waals surface area contributed by atoms with E-state index >= 15 is 0 Å². The highest BCUT2D eigenvalue weighted by Crippen LogP contribution is 2.25. The van der Waals surface area contributed by atoms with Gasteiger partial charge in [-0.25, -0.2) is 0 Å². The Kier molecular flexibility index (Phi) is 3.99. The van der Waals surface area contributed by atoms with Gasteiger partial charge in [0.25, 0.3) is 0 Å². The van der Waals surface area contributed by atoms with Crippen LogP contribution < -0.4 is 10.6 Å². The van der Waals surface area contributed by atoms with Gasteiger partial charge in [-0.2, -0.15) is 0 Å². The number of nitrogens with zero attached hydrogens (tertiary/aromatic N) is 1. The Morgan fingerprint density at radius 1 is 1.41 bits per heavy atom. The molecule has 0 aromatic heterocycles. The number of nitrogens with two attached hydrogens (primary N) is 1. The Balaban J connectivity index is 2.34. The smallest absolute Gasteiger partial charge is 0.178 e. The Morgan fingerprint density at radius 2 is 2.12 bits per heavy atom. The van der Waals surface area contributed by atoms with E-state index in [9.17, 15) is 4.79 Å². The van der Waals surface area contributed by atoms with Crippen molar-refractivity contribution in [3.63, 3.8) is 0 Å². The first-order valence-electron chi connectivity index (χ1n) is 5.58. The molecule has 5 heteroatoms. The van der Waals surface area contributed by atoms with Gasteiger partial charge in [-0.1, -0.05) is 11.6 Å². The fraction of sp³-hybridized carbons (Fsp3) is 0.417. The molecule has 1 heterocycles. The predicted octanol–water partition coefficient (Wildman–Crippen LogP) is 1.32. The first kappa shape index (κ1) is 12.4. The lowest BCUT2D eigenvalue weighted by Gasteiger charge is -2.30. The van der Waals surface area contributed by atoms with Gasteiger partial charge < -0.3 is 15.4 Å². The van der Waals surface area contributed by atoms with Gasteiger partial charge in [0, 0.05) is 29.4 Å². The molecule has 0 radical (unpaired) electrons. The maximum Gasteiger partial charge on any atom is 0.178 e. The number of morpholine rings is 1. The largest absolute Gasteiger partial charge is 0.378 e. The van der Waals surface area contributed by atoms with Gasteiger partial charge in [-0.15, -0.1) is 0 Å². The molecule has 0 saturated carbocycles. The van der Waals surface area contributed by atoms with Crippen LogP contribution in [0.2, 0.25) is 5.02 Å². The van der Waals surface area contributed by atoms with Gasteiger partial charge in [-0.3, -0.25) is 4.79 Å². The van der Waals surface area contributed by atoms with Crippen LogP contribution in [0.3, 0.4) is 0 Å². The van der Waals surface area contributed by atoms with Crippen LogP contribution in [0.1, 0.15) is 10.4 Å². The molecule has 0 aliphatic carbocycles. The average Bonchev–Trinajstić information content (AvgIpc) is 2.38. The van der Waals surface area contributed by atoms with Crippen molar-refractivity contribution >= 4 is 23.1 Å². The molecule has 0 unspecified atom stereocenters. The van der Waals surface area contributed by atoms with E-state index in [0.29, 0.717) is 23.8 Å². The zero-order valence-corrected chi connectivity index (χ0v) is 10.2. The van der Waals surface area contributed by atoms with Crippen LogP contribution in [0.25, 0.3) is 0 Å². The number of hydrogen-bond acceptors (Lipinski definition) is 4.